The third kappa shape index (κ3) is 2.06. The molecule has 0 bridgehead atoms. The molecule has 0 unspecified atom stereocenters. The Morgan fingerprint density at radius 2 is 1.68 bits per heavy atom. The Kier molecular flexibility index (Phi) is 3.13. The monoisotopic (exact) mass is 267 g/mol. The van der Waals surface area contributed by atoms with Crippen LogP contribution in [0.1, 0.15) is 15.9 Å². The fourth-order valence-electron chi connectivity index (χ4n) is 2.18. The maximum absolute atomic E-state index is 12.5. The van der Waals surface area contributed by atoms with Crippen LogP contribution in [-0.2, 0) is 0 Å². The third-order valence-corrected chi connectivity index (χ3v) is 4.26. The maximum Gasteiger partial charge on any atom is 0.202 e. The van der Waals surface area contributed by atoms with Gasteiger partial charge in [0, 0.05) is 17.5 Å². The van der Waals surface area contributed by atoms with Crippen LogP contribution in [-0.4, -0.2) is 12.8 Å². The van der Waals surface area contributed by atoms with Gasteiger partial charge in [0.15, 0.2) is 0 Å². The second-order valence-corrected chi connectivity index (χ2v) is 5.30. The summed E-state index contributed by atoms with van der Waals surface area (Å²) in [6, 6.07) is 17.7. The Bertz CT molecular complexity index is 661. The molecule has 3 heteroatoms. The van der Waals surface area contributed by atoms with Crippen LogP contribution in [0.3, 0.4) is 0 Å². The summed E-state index contributed by atoms with van der Waals surface area (Å²) in [7, 11) is 1.85. The number of benzene rings is 2. The molecule has 0 saturated heterocycles. The molecule has 2 aromatic carbocycles. The molecule has 0 amide bonds. The van der Waals surface area contributed by atoms with Crippen molar-refractivity contribution < 1.29 is 4.79 Å². The molecule has 2 nitrogen and oxygen atoms in total. The molecule has 2 aromatic rings. The van der Waals surface area contributed by atoms with Crippen molar-refractivity contribution in [1.29, 1.82) is 0 Å². The Morgan fingerprint density at radius 3 is 2.37 bits per heavy atom. The Labute approximate surface area is 116 Å². The predicted octanol–water partition coefficient (Wildman–Crippen LogP) is 3.56. The number of carbonyl (C=O) groups is 1. The Morgan fingerprint density at radius 1 is 1.00 bits per heavy atom. The van der Waals surface area contributed by atoms with Gasteiger partial charge in [-0.2, -0.15) is 0 Å². The molecule has 0 aromatic heterocycles. The lowest BCUT2D eigenvalue weighted by molar-refractivity contribution is 0.104. The summed E-state index contributed by atoms with van der Waals surface area (Å²) < 4.78 is 0. The lowest BCUT2D eigenvalue weighted by atomic mass is 10.1. The highest BCUT2D eigenvalue weighted by Crippen LogP contribution is 2.42. The topological polar surface area (TPSA) is 29.1 Å². The van der Waals surface area contributed by atoms with Gasteiger partial charge in [0.1, 0.15) is 0 Å². The maximum atomic E-state index is 12.5. The summed E-state index contributed by atoms with van der Waals surface area (Å²) in [5.74, 6) is 0.105. The second-order valence-electron chi connectivity index (χ2n) is 4.25. The zero-order valence-corrected chi connectivity index (χ0v) is 11.3. The van der Waals surface area contributed by atoms with Crippen molar-refractivity contribution in [2.24, 2.45) is 0 Å². The van der Waals surface area contributed by atoms with E-state index in [1.54, 1.807) is 0 Å². The molecule has 19 heavy (non-hydrogen) atoms. The van der Waals surface area contributed by atoms with Crippen molar-refractivity contribution in [3.05, 3.63) is 70.6 Å². The van der Waals surface area contributed by atoms with Crippen LogP contribution >= 0.6 is 11.8 Å². The highest BCUT2D eigenvalue weighted by molar-refractivity contribution is 8.05. The first-order valence-electron chi connectivity index (χ1n) is 6.10. The number of ketones is 1. The van der Waals surface area contributed by atoms with Crippen LogP contribution < -0.4 is 5.32 Å². The highest BCUT2D eigenvalue weighted by Gasteiger charge is 2.28. The van der Waals surface area contributed by atoms with Crippen molar-refractivity contribution in [2.75, 3.05) is 7.05 Å². The molecule has 0 spiro atoms. The van der Waals surface area contributed by atoms with Crippen LogP contribution in [0.15, 0.2) is 64.4 Å². The first kappa shape index (κ1) is 12.1. The molecule has 1 heterocycles. The average molecular weight is 267 g/mol. The fourth-order valence-corrected chi connectivity index (χ4v) is 3.34. The smallest absolute Gasteiger partial charge is 0.202 e. The van der Waals surface area contributed by atoms with Crippen molar-refractivity contribution >= 4 is 23.2 Å². The number of hydrogen-bond acceptors (Lipinski definition) is 3. The number of rotatable bonds is 2. The summed E-state index contributed by atoms with van der Waals surface area (Å²) in [5.41, 5.74) is 2.73. The van der Waals surface area contributed by atoms with Gasteiger partial charge in [-0.1, -0.05) is 54.2 Å². The number of nitrogens with one attached hydrogen (secondary N) is 1. The van der Waals surface area contributed by atoms with Gasteiger partial charge in [-0.3, -0.25) is 4.79 Å². The van der Waals surface area contributed by atoms with E-state index in [4.69, 9.17) is 0 Å². The fraction of sp³-hybridized carbons (Fsp3) is 0.0625. The summed E-state index contributed by atoms with van der Waals surface area (Å²) in [6.07, 6.45) is 0. The summed E-state index contributed by atoms with van der Waals surface area (Å²) in [6.45, 7) is 0. The summed E-state index contributed by atoms with van der Waals surface area (Å²) >= 11 is 1.54. The summed E-state index contributed by atoms with van der Waals surface area (Å²) in [5, 5.41) is 3.16. The van der Waals surface area contributed by atoms with Crippen molar-refractivity contribution in [3.8, 4) is 0 Å². The number of allylic oxidation sites excluding steroid dienone is 1. The third-order valence-electron chi connectivity index (χ3n) is 3.09. The molecule has 0 aliphatic carbocycles. The van der Waals surface area contributed by atoms with Gasteiger partial charge < -0.3 is 5.32 Å². The molecule has 1 aliphatic rings. The first-order valence-corrected chi connectivity index (χ1v) is 6.92. The average Bonchev–Trinajstić information content (AvgIpc) is 2.79. The molecule has 0 atom stereocenters. The van der Waals surface area contributed by atoms with Crippen LogP contribution in [0.25, 0.3) is 5.70 Å². The molecular formula is C16H13NOS. The van der Waals surface area contributed by atoms with Gasteiger partial charge in [0.2, 0.25) is 5.78 Å². The van der Waals surface area contributed by atoms with Gasteiger partial charge >= 0.3 is 0 Å². The quantitative estimate of drug-likeness (QED) is 0.843. The van der Waals surface area contributed by atoms with Gasteiger partial charge in [-0.25, -0.2) is 0 Å². The normalized spacial score (nSPS) is 16.2. The number of hydrogen-bond donors (Lipinski definition) is 1. The largest absolute Gasteiger partial charge is 0.387 e. The van der Waals surface area contributed by atoms with Crippen molar-refractivity contribution in [2.45, 2.75) is 4.90 Å². The van der Waals surface area contributed by atoms with E-state index in [1.165, 1.54) is 11.8 Å². The molecule has 3 rings (SSSR count). The number of thioether (sulfide) groups is 1. The lowest BCUT2D eigenvalue weighted by Gasteiger charge is -2.09. The van der Waals surface area contributed by atoms with Crippen molar-refractivity contribution in [1.82, 2.24) is 5.32 Å². The van der Waals surface area contributed by atoms with E-state index in [9.17, 15) is 4.79 Å². The highest BCUT2D eigenvalue weighted by atomic mass is 32.2. The molecule has 0 fully saturated rings. The minimum atomic E-state index is 0.105. The number of carbonyl (C=O) groups excluding carboxylic acids is 1. The molecule has 0 saturated carbocycles. The van der Waals surface area contributed by atoms with Crippen LogP contribution in [0.2, 0.25) is 0 Å². The Balaban J connectivity index is 2.12. The molecule has 0 radical (unpaired) electrons. The van der Waals surface area contributed by atoms with Gasteiger partial charge in [0.25, 0.3) is 0 Å². The lowest BCUT2D eigenvalue weighted by Crippen LogP contribution is -2.09. The van der Waals surface area contributed by atoms with Crippen LogP contribution in [0, 0.1) is 0 Å². The van der Waals surface area contributed by atoms with E-state index in [0.717, 1.165) is 26.6 Å². The number of Topliss-reactive ketones (excluding diaryl/α,β-unsaturated/α-hetero) is 1. The molecular weight excluding hydrogens is 254 g/mol. The van der Waals surface area contributed by atoms with E-state index >= 15 is 0 Å². The Hall–Kier alpha value is -2.00. The predicted molar refractivity (Wildman–Crippen MR) is 79.1 cm³/mol. The summed E-state index contributed by atoms with van der Waals surface area (Å²) in [4.78, 5) is 14.3. The van der Waals surface area contributed by atoms with Crippen LogP contribution in [0.4, 0.5) is 0 Å². The number of fused-ring (bicyclic) bond motifs is 1. The van der Waals surface area contributed by atoms with E-state index in [0.29, 0.717) is 0 Å². The molecule has 1 N–H and O–H groups in total. The van der Waals surface area contributed by atoms with Crippen molar-refractivity contribution in [3.63, 3.8) is 0 Å². The van der Waals surface area contributed by atoms with E-state index in [2.05, 4.69) is 5.32 Å². The van der Waals surface area contributed by atoms with E-state index in [1.807, 2.05) is 61.6 Å². The first-order chi connectivity index (χ1) is 9.31. The minimum Gasteiger partial charge on any atom is -0.387 e. The zero-order chi connectivity index (χ0) is 13.2. The van der Waals surface area contributed by atoms with E-state index in [-0.39, 0.29) is 5.78 Å². The zero-order valence-electron chi connectivity index (χ0n) is 10.5. The molecule has 1 aliphatic heterocycles. The second kappa shape index (κ2) is 4.94. The van der Waals surface area contributed by atoms with Crippen LogP contribution in [0.5, 0.6) is 0 Å². The minimum absolute atomic E-state index is 0.105. The SMILES string of the molecule is CN/C(=C1/Sc2ccccc2C1=O)c1ccccc1. The van der Waals surface area contributed by atoms with Gasteiger partial charge in [0.05, 0.1) is 10.6 Å². The van der Waals surface area contributed by atoms with Gasteiger partial charge in [-0.15, -0.1) is 0 Å². The standard InChI is InChI=1S/C16H13NOS/c1-17-14(11-7-3-2-4-8-11)16-15(18)12-9-5-6-10-13(12)19-16/h2-10,17H,1H3/b16-14+. The van der Waals surface area contributed by atoms with Gasteiger partial charge in [-0.05, 0) is 17.7 Å². The van der Waals surface area contributed by atoms with E-state index < -0.39 is 0 Å². The molecule has 94 valence electrons.